The highest BCUT2D eigenvalue weighted by Gasteiger charge is 2.13. The van der Waals surface area contributed by atoms with Crippen LogP contribution in [-0.2, 0) is 0 Å². The van der Waals surface area contributed by atoms with Gasteiger partial charge in [-0.2, -0.15) is 0 Å². The van der Waals surface area contributed by atoms with Crippen LogP contribution in [0, 0.1) is 0 Å². The molecule has 0 aromatic heterocycles. The zero-order chi connectivity index (χ0) is 10.5. The van der Waals surface area contributed by atoms with Gasteiger partial charge in [0.1, 0.15) is 0 Å². The highest BCUT2D eigenvalue weighted by Crippen LogP contribution is 2.21. The van der Waals surface area contributed by atoms with E-state index in [-0.39, 0.29) is 12.4 Å². The molecule has 0 radical (unpaired) electrons. The van der Waals surface area contributed by atoms with Gasteiger partial charge in [-0.1, -0.05) is 19.1 Å². The monoisotopic (exact) mass is 258 g/mol. The van der Waals surface area contributed by atoms with Gasteiger partial charge in [-0.15, -0.1) is 24.2 Å². The summed E-state index contributed by atoms with van der Waals surface area (Å²) >= 11 is 1.89. The van der Waals surface area contributed by atoms with E-state index in [2.05, 4.69) is 41.8 Å². The normalized spacial score (nSPS) is 20.2. The van der Waals surface area contributed by atoms with E-state index in [9.17, 15) is 0 Å². The Bertz CT molecular complexity index is 296. The molecule has 0 saturated carbocycles. The van der Waals surface area contributed by atoms with Crippen molar-refractivity contribution in [2.45, 2.75) is 17.9 Å². The lowest BCUT2D eigenvalue weighted by Gasteiger charge is -2.24. The summed E-state index contributed by atoms with van der Waals surface area (Å²) in [7, 11) is 0. The molecule has 16 heavy (non-hydrogen) atoms. The van der Waals surface area contributed by atoms with E-state index in [1.54, 1.807) is 0 Å². The van der Waals surface area contributed by atoms with Crippen LogP contribution in [0.2, 0.25) is 0 Å². The minimum atomic E-state index is 0. The zero-order valence-corrected chi connectivity index (χ0v) is 11.2. The molecule has 2 rings (SSSR count). The lowest BCUT2D eigenvalue weighted by Crippen LogP contribution is -2.42. The third kappa shape index (κ3) is 3.67. The molecule has 1 aliphatic heterocycles. The number of nitrogens with one attached hydrogen (secondary N) is 2. The molecule has 4 heteroatoms. The van der Waals surface area contributed by atoms with Crippen LogP contribution in [0.3, 0.4) is 0 Å². The van der Waals surface area contributed by atoms with Gasteiger partial charge in [-0.25, -0.2) is 0 Å². The van der Waals surface area contributed by atoms with Crippen molar-refractivity contribution in [1.82, 2.24) is 10.6 Å². The summed E-state index contributed by atoms with van der Waals surface area (Å²) in [6.45, 7) is 5.38. The molecule has 1 aromatic rings. The number of halogens is 1. The SMILES string of the molecule is CCSc1ccc([C@H]2CNCCN2)cc1.Cl. The molecule has 1 atom stereocenters. The van der Waals surface area contributed by atoms with Gasteiger partial charge in [0.25, 0.3) is 0 Å². The second-order valence-corrected chi connectivity index (χ2v) is 5.05. The van der Waals surface area contributed by atoms with Crippen molar-refractivity contribution in [3.05, 3.63) is 29.8 Å². The van der Waals surface area contributed by atoms with Gasteiger partial charge in [0.15, 0.2) is 0 Å². The smallest absolute Gasteiger partial charge is 0.0447 e. The maximum absolute atomic E-state index is 3.52. The fourth-order valence-electron chi connectivity index (χ4n) is 1.85. The Kier molecular flexibility index (Phi) is 6.21. The average molecular weight is 259 g/mol. The highest BCUT2D eigenvalue weighted by atomic mass is 35.5. The number of rotatable bonds is 3. The Morgan fingerprint density at radius 3 is 2.56 bits per heavy atom. The van der Waals surface area contributed by atoms with Gasteiger partial charge >= 0.3 is 0 Å². The van der Waals surface area contributed by atoms with Gasteiger partial charge in [0, 0.05) is 30.6 Å². The quantitative estimate of drug-likeness (QED) is 0.815. The van der Waals surface area contributed by atoms with Crippen molar-refractivity contribution in [3.8, 4) is 0 Å². The first-order valence-electron chi connectivity index (χ1n) is 5.57. The molecule has 1 fully saturated rings. The van der Waals surface area contributed by atoms with E-state index >= 15 is 0 Å². The molecule has 2 N–H and O–H groups in total. The zero-order valence-electron chi connectivity index (χ0n) is 9.53. The third-order valence-corrected chi connectivity index (χ3v) is 3.53. The van der Waals surface area contributed by atoms with Crippen LogP contribution in [0.1, 0.15) is 18.5 Å². The van der Waals surface area contributed by atoms with Crippen LogP contribution >= 0.6 is 24.2 Å². The lowest BCUT2D eigenvalue weighted by molar-refractivity contribution is 0.430. The summed E-state index contributed by atoms with van der Waals surface area (Å²) in [6.07, 6.45) is 0. The van der Waals surface area contributed by atoms with E-state index in [4.69, 9.17) is 0 Å². The second kappa shape index (κ2) is 7.17. The van der Waals surface area contributed by atoms with E-state index in [1.165, 1.54) is 10.5 Å². The molecular weight excluding hydrogens is 240 g/mol. The predicted molar refractivity (Wildman–Crippen MR) is 73.7 cm³/mol. The molecule has 1 aliphatic rings. The predicted octanol–water partition coefficient (Wildman–Crippen LogP) is 2.45. The average Bonchev–Trinajstić information content (AvgIpc) is 2.32. The fraction of sp³-hybridized carbons (Fsp3) is 0.500. The Morgan fingerprint density at radius 1 is 1.25 bits per heavy atom. The number of hydrogen-bond acceptors (Lipinski definition) is 3. The van der Waals surface area contributed by atoms with Crippen LogP contribution in [0.5, 0.6) is 0 Å². The Labute approximate surface area is 108 Å². The molecule has 2 nitrogen and oxygen atoms in total. The largest absolute Gasteiger partial charge is 0.314 e. The maximum Gasteiger partial charge on any atom is 0.0447 e. The van der Waals surface area contributed by atoms with Gasteiger partial charge in [-0.3, -0.25) is 0 Å². The van der Waals surface area contributed by atoms with Gasteiger partial charge in [-0.05, 0) is 23.4 Å². The van der Waals surface area contributed by atoms with Crippen LogP contribution in [0.4, 0.5) is 0 Å². The molecule has 0 bridgehead atoms. The van der Waals surface area contributed by atoms with Crippen LogP contribution in [-0.4, -0.2) is 25.4 Å². The summed E-state index contributed by atoms with van der Waals surface area (Å²) in [5.41, 5.74) is 1.39. The molecule has 0 spiro atoms. The fourth-order valence-corrected chi connectivity index (χ4v) is 2.51. The summed E-state index contributed by atoms with van der Waals surface area (Å²) in [4.78, 5) is 1.37. The van der Waals surface area contributed by atoms with Crippen molar-refractivity contribution in [3.63, 3.8) is 0 Å². The first-order valence-corrected chi connectivity index (χ1v) is 6.55. The van der Waals surface area contributed by atoms with Crippen LogP contribution in [0.25, 0.3) is 0 Å². The molecule has 0 unspecified atom stereocenters. The first kappa shape index (κ1) is 13.8. The Morgan fingerprint density at radius 2 is 2.00 bits per heavy atom. The van der Waals surface area contributed by atoms with E-state index in [0.29, 0.717) is 6.04 Å². The Hall–Kier alpha value is -0.220. The van der Waals surface area contributed by atoms with Crippen molar-refractivity contribution in [2.75, 3.05) is 25.4 Å². The first-order chi connectivity index (χ1) is 7.40. The molecule has 1 heterocycles. The van der Waals surface area contributed by atoms with Crippen LogP contribution < -0.4 is 10.6 Å². The van der Waals surface area contributed by atoms with Crippen molar-refractivity contribution < 1.29 is 0 Å². The number of hydrogen-bond donors (Lipinski definition) is 2. The second-order valence-electron chi connectivity index (χ2n) is 3.71. The number of benzene rings is 1. The van der Waals surface area contributed by atoms with E-state index in [0.717, 1.165) is 25.4 Å². The topological polar surface area (TPSA) is 24.1 Å². The van der Waals surface area contributed by atoms with Gasteiger partial charge < -0.3 is 10.6 Å². The summed E-state index contributed by atoms with van der Waals surface area (Å²) < 4.78 is 0. The molecule has 90 valence electrons. The molecule has 1 aromatic carbocycles. The minimum Gasteiger partial charge on any atom is -0.314 e. The standard InChI is InChI=1S/C12H18N2S.ClH/c1-2-15-11-5-3-10(4-6-11)12-9-13-7-8-14-12;/h3-6,12-14H,2,7-9H2,1H3;1H/t12-;/m1./s1. The third-order valence-electron chi connectivity index (χ3n) is 2.63. The van der Waals surface area contributed by atoms with E-state index < -0.39 is 0 Å². The minimum absolute atomic E-state index is 0. The van der Waals surface area contributed by atoms with Gasteiger partial charge in [0.05, 0.1) is 0 Å². The maximum atomic E-state index is 3.52. The summed E-state index contributed by atoms with van der Waals surface area (Å²) in [5.74, 6) is 1.14. The molecular formula is C12H19ClN2S. The highest BCUT2D eigenvalue weighted by molar-refractivity contribution is 7.99. The van der Waals surface area contributed by atoms with Crippen LogP contribution in [0.15, 0.2) is 29.2 Å². The van der Waals surface area contributed by atoms with Gasteiger partial charge in [0.2, 0.25) is 0 Å². The van der Waals surface area contributed by atoms with E-state index in [1.807, 2.05) is 11.8 Å². The Balaban J connectivity index is 0.00000128. The molecule has 1 saturated heterocycles. The molecule has 0 amide bonds. The summed E-state index contributed by atoms with van der Waals surface area (Å²) in [6, 6.07) is 9.41. The molecule has 0 aliphatic carbocycles. The lowest BCUT2D eigenvalue weighted by atomic mass is 10.1. The van der Waals surface area contributed by atoms with Crippen molar-refractivity contribution >= 4 is 24.2 Å². The van der Waals surface area contributed by atoms with Crippen molar-refractivity contribution in [2.24, 2.45) is 0 Å². The number of piperazine rings is 1. The summed E-state index contributed by atoms with van der Waals surface area (Å²) in [5, 5.41) is 6.92. The van der Waals surface area contributed by atoms with Crippen molar-refractivity contribution in [1.29, 1.82) is 0 Å². The number of thioether (sulfide) groups is 1.